The summed E-state index contributed by atoms with van der Waals surface area (Å²) in [5.74, 6) is -0.350. The normalized spacial score (nSPS) is 24.9. The molecule has 5 amide bonds. The van der Waals surface area contributed by atoms with Gasteiger partial charge in [0.1, 0.15) is 42.1 Å². The van der Waals surface area contributed by atoms with Crippen LogP contribution < -0.4 is 25.6 Å². The van der Waals surface area contributed by atoms with E-state index in [1.165, 1.54) is 6.07 Å². The van der Waals surface area contributed by atoms with E-state index in [0.717, 1.165) is 36.2 Å². The van der Waals surface area contributed by atoms with E-state index in [1.807, 2.05) is 0 Å². The molecular weight excluding hydrogens is 951 g/mol. The molecule has 6 saturated heterocycles. The Balaban J connectivity index is 0.705. The van der Waals surface area contributed by atoms with E-state index in [1.54, 1.807) is 53.6 Å². The lowest BCUT2D eigenvalue weighted by Crippen LogP contribution is -2.54. The van der Waals surface area contributed by atoms with Crippen LogP contribution in [-0.2, 0) is 14.3 Å². The van der Waals surface area contributed by atoms with Gasteiger partial charge in [0.15, 0.2) is 5.82 Å². The topological polar surface area (TPSA) is 192 Å². The Morgan fingerprint density at radius 3 is 2.51 bits per heavy atom. The molecule has 5 aromatic rings. The Kier molecular flexibility index (Phi) is 12.0. The third kappa shape index (κ3) is 8.24. The molecule has 0 radical (unpaired) electrons. The Morgan fingerprint density at radius 2 is 1.73 bits per heavy atom. The first-order valence-corrected chi connectivity index (χ1v) is 25.5. The summed E-state index contributed by atoms with van der Waals surface area (Å²) in [7, 11) is 0. The maximum absolute atomic E-state index is 17.2. The SMILES string of the molecule is C#Cc1c(F)ccc2cccc(-c3ncc4c(N5CC6CCC(C5)N6)nc(OC[C@@]56CC[C@@H](COC(=O)N7CCC(CNc8cccc9c8C(=O)N(C8CCC(=O)NC8=O)C9=O)CC7)N5CC(=C)C6)nc4c3F)c12. The molecule has 3 unspecified atom stereocenters. The van der Waals surface area contributed by atoms with Crippen molar-refractivity contribution in [3.63, 3.8) is 0 Å². The predicted octanol–water partition coefficient (Wildman–Crippen LogP) is 5.95. The number of rotatable bonds is 11. The lowest BCUT2D eigenvalue weighted by molar-refractivity contribution is -0.136. The van der Waals surface area contributed by atoms with Crippen LogP contribution in [0.5, 0.6) is 6.01 Å². The summed E-state index contributed by atoms with van der Waals surface area (Å²) in [6.45, 7) is 8.13. The van der Waals surface area contributed by atoms with Gasteiger partial charge in [0, 0.05) is 86.6 Å². The quantitative estimate of drug-likeness (QED) is 0.0800. The maximum atomic E-state index is 17.2. The van der Waals surface area contributed by atoms with Gasteiger partial charge >= 0.3 is 12.1 Å². The van der Waals surface area contributed by atoms with Crippen LogP contribution in [0.1, 0.15) is 84.1 Å². The molecule has 2 aromatic heterocycles. The highest BCUT2D eigenvalue weighted by atomic mass is 19.1. The number of terminal acetylenes is 1. The van der Waals surface area contributed by atoms with Crippen molar-refractivity contribution >= 4 is 62.9 Å². The van der Waals surface area contributed by atoms with Crippen LogP contribution >= 0.6 is 0 Å². The first kappa shape index (κ1) is 47.4. The highest BCUT2D eigenvalue weighted by Crippen LogP contribution is 2.45. The Bertz CT molecular complexity index is 3250. The van der Waals surface area contributed by atoms with E-state index in [2.05, 4.69) is 43.2 Å². The lowest BCUT2D eigenvalue weighted by Gasteiger charge is -2.35. The summed E-state index contributed by atoms with van der Waals surface area (Å²) < 4.78 is 44.9. The fraction of sp³-hybridized carbons (Fsp3) is 0.418. The zero-order chi connectivity index (χ0) is 51.0. The minimum Gasteiger partial charge on any atom is -0.461 e. The number of ether oxygens (including phenoxy) is 2. The van der Waals surface area contributed by atoms with Gasteiger partial charge in [-0.25, -0.2) is 13.6 Å². The van der Waals surface area contributed by atoms with Crippen molar-refractivity contribution in [2.75, 3.05) is 62.7 Å². The van der Waals surface area contributed by atoms with Gasteiger partial charge in [-0.3, -0.25) is 39.3 Å². The van der Waals surface area contributed by atoms with Gasteiger partial charge in [0.05, 0.1) is 27.6 Å². The molecule has 3 aromatic carbocycles. The predicted molar refractivity (Wildman–Crippen MR) is 269 cm³/mol. The molecular formula is C55H54F2N10O7. The molecule has 17 nitrogen and oxygen atoms in total. The number of aromatic nitrogens is 3. The van der Waals surface area contributed by atoms with Crippen molar-refractivity contribution in [2.24, 2.45) is 5.92 Å². The average molecular weight is 1010 g/mol. The van der Waals surface area contributed by atoms with Crippen LogP contribution in [0.15, 0.2) is 66.9 Å². The lowest BCUT2D eigenvalue weighted by atomic mass is 9.94. The molecule has 9 heterocycles. The summed E-state index contributed by atoms with van der Waals surface area (Å²) >= 11 is 0. The minimum atomic E-state index is -1.05. The number of amides is 5. The number of anilines is 2. The zero-order valence-electron chi connectivity index (χ0n) is 40.6. The van der Waals surface area contributed by atoms with E-state index in [0.29, 0.717) is 91.8 Å². The molecule has 380 valence electrons. The summed E-state index contributed by atoms with van der Waals surface area (Å²) in [5, 5.41) is 10.7. The van der Waals surface area contributed by atoms with Crippen LogP contribution in [0, 0.1) is 29.9 Å². The number of hydrogen-bond donors (Lipinski definition) is 3. The smallest absolute Gasteiger partial charge is 0.409 e. The van der Waals surface area contributed by atoms with Crippen LogP contribution in [0.3, 0.4) is 0 Å². The maximum Gasteiger partial charge on any atom is 0.409 e. The molecule has 3 N–H and O–H groups in total. The monoisotopic (exact) mass is 1000 g/mol. The van der Waals surface area contributed by atoms with Gasteiger partial charge in [-0.15, -0.1) is 6.42 Å². The third-order valence-electron chi connectivity index (χ3n) is 16.3. The van der Waals surface area contributed by atoms with Crippen LogP contribution in [0.25, 0.3) is 32.9 Å². The van der Waals surface area contributed by atoms with Gasteiger partial charge in [0.25, 0.3) is 11.8 Å². The molecule has 74 heavy (non-hydrogen) atoms. The number of fused-ring (bicyclic) bond motifs is 6. The number of piperazine rings is 1. The number of pyridine rings is 1. The van der Waals surface area contributed by atoms with Crippen LogP contribution in [0.2, 0.25) is 0 Å². The van der Waals surface area contributed by atoms with Crippen molar-refractivity contribution in [3.05, 3.63) is 95.2 Å². The molecule has 5 atom stereocenters. The molecule has 2 bridgehead atoms. The van der Waals surface area contributed by atoms with Crippen LogP contribution in [-0.4, -0.2) is 142 Å². The number of carbonyl (C=O) groups excluding carboxylic acids is 5. The minimum absolute atomic E-state index is 0.0142. The Hall–Kier alpha value is -7.56. The molecule has 6 fully saturated rings. The van der Waals surface area contributed by atoms with Crippen molar-refractivity contribution in [1.29, 1.82) is 0 Å². The highest BCUT2D eigenvalue weighted by Gasteiger charge is 2.52. The van der Waals surface area contributed by atoms with Gasteiger partial charge in [-0.05, 0) is 80.9 Å². The first-order chi connectivity index (χ1) is 35.9. The fourth-order valence-electron chi connectivity index (χ4n) is 12.6. The number of nitrogens with one attached hydrogen (secondary N) is 3. The molecule has 7 aliphatic heterocycles. The second-order valence-corrected chi connectivity index (χ2v) is 20.8. The molecule has 19 heteroatoms. The summed E-state index contributed by atoms with van der Waals surface area (Å²) in [6, 6.07) is 12.6. The number of carbonyl (C=O) groups is 5. The zero-order valence-corrected chi connectivity index (χ0v) is 40.6. The van der Waals surface area contributed by atoms with Gasteiger partial charge < -0.3 is 29.9 Å². The van der Waals surface area contributed by atoms with Crippen molar-refractivity contribution in [1.82, 2.24) is 40.3 Å². The number of hydrogen-bond acceptors (Lipinski definition) is 14. The molecule has 0 spiro atoms. The second-order valence-electron chi connectivity index (χ2n) is 20.8. The molecule has 0 aliphatic carbocycles. The van der Waals surface area contributed by atoms with E-state index < -0.39 is 46.8 Å². The number of halogens is 2. The number of imide groups is 2. The van der Waals surface area contributed by atoms with E-state index in [9.17, 15) is 24.0 Å². The summed E-state index contributed by atoms with van der Waals surface area (Å²) in [4.78, 5) is 86.3. The van der Waals surface area contributed by atoms with Gasteiger partial charge in [-0.2, -0.15) is 9.97 Å². The van der Waals surface area contributed by atoms with E-state index in [4.69, 9.17) is 25.9 Å². The molecule has 12 rings (SSSR count). The van der Waals surface area contributed by atoms with E-state index in [-0.39, 0.29) is 90.1 Å². The van der Waals surface area contributed by atoms with Crippen molar-refractivity contribution in [3.8, 4) is 29.6 Å². The number of benzene rings is 3. The number of likely N-dealkylation sites (tertiary alicyclic amines) is 1. The highest BCUT2D eigenvalue weighted by molar-refractivity contribution is 6.25. The van der Waals surface area contributed by atoms with Gasteiger partial charge in [0.2, 0.25) is 11.8 Å². The standard InChI is InChI=1S/C55H54F2N10O7/c1-3-36-40(56)13-10-32-6-4-7-37(44(32)36)47-46(57)48-39(24-59-47)49(65-26-33-11-12-34(27-65)60-33)63-53(62-48)74-29-55-19-16-35(66(55)25-30(2)22-55)28-73-54(72)64-20-17-31(18-21-64)23-58-41-9-5-8-38-45(41)52(71)67(51(38)70)42-14-15-43(68)61-50(42)69/h1,4-10,13,24,31,33-35,42,58,60H,2,11-12,14-23,25-29H2,(H,61,68,69)/t33?,34?,35-,42?,55-/m0/s1. The number of nitrogens with zero attached hydrogens (tertiary/aromatic N) is 7. The Morgan fingerprint density at radius 1 is 0.946 bits per heavy atom. The number of piperidine rings is 2. The summed E-state index contributed by atoms with van der Waals surface area (Å²) in [6.07, 6.45) is 12.7. The van der Waals surface area contributed by atoms with Crippen molar-refractivity contribution in [2.45, 2.75) is 87.5 Å². The Labute approximate surface area is 425 Å². The molecule has 0 saturated carbocycles. The third-order valence-corrected chi connectivity index (χ3v) is 16.3. The van der Waals surface area contributed by atoms with E-state index >= 15 is 8.78 Å². The average Bonchev–Trinajstić information content (AvgIpc) is 4.11. The van der Waals surface area contributed by atoms with Gasteiger partial charge in [-0.1, -0.05) is 48.4 Å². The largest absolute Gasteiger partial charge is 0.461 e. The summed E-state index contributed by atoms with van der Waals surface area (Å²) in [5.41, 5.74) is 1.86. The second kappa shape index (κ2) is 18.7. The fourth-order valence-corrected chi connectivity index (χ4v) is 12.6. The molecule has 7 aliphatic rings. The van der Waals surface area contributed by atoms with Crippen LogP contribution in [0.4, 0.5) is 25.1 Å². The first-order valence-electron chi connectivity index (χ1n) is 25.5. The van der Waals surface area contributed by atoms with Crippen molar-refractivity contribution < 1.29 is 42.2 Å².